The number of amides is 1. The molecule has 1 aliphatic heterocycles. The number of nitrogens with one attached hydrogen (secondary N) is 2. The van der Waals surface area contributed by atoms with Crippen LogP contribution in [0, 0.1) is 6.92 Å². The second-order valence-electron chi connectivity index (χ2n) is 5.95. The standard InChI is InChI=1S/C18H19Cl2N3O/c1-11-15(14-4-5-21-8-13(14)9-22-11)10-23-18(24)7-12-2-3-16(19)17(20)6-12/h2-3,6,9,21H,4-5,7-8,10H2,1H3,(H,23,24). The summed E-state index contributed by atoms with van der Waals surface area (Å²) in [5, 5.41) is 7.30. The maximum Gasteiger partial charge on any atom is 0.224 e. The quantitative estimate of drug-likeness (QED) is 0.876. The Bertz CT molecular complexity index is 777. The highest BCUT2D eigenvalue weighted by atomic mass is 35.5. The summed E-state index contributed by atoms with van der Waals surface area (Å²) in [5.41, 5.74) is 5.50. The van der Waals surface area contributed by atoms with Crippen LogP contribution < -0.4 is 10.6 Å². The van der Waals surface area contributed by atoms with E-state index in [1.54, 1.807) is 12.1 Å². The molecule has 1 aliphatic rings. The van der Waals surface area contributed by atoms with Crippen molar-refractivity contribution in [3.05, 3.63) is 62.4 Å². The van der Waals surface area contributed by atoms with Crippen LogP contribution in [-0.4, -0.2) is 17.4 Å². The second-order valence-corrected chi connectivity index (χ2v) is 6.77. The SMILES string of the molecule is Cc1ncc2c(c1CNC(=O)Cc1ccc(Cl)c(Cl)c1)CCNC2. The Morgan fingerprint density at radius 3 is 2.96 bits per heavy atom. The lowest BCUT2D eigenvalue weighted by molar-refractivity contribution is -0.120. The molecule has 1 amide bonds. The van der Waals surface area contributed by atoms with Crippen molar-refractivity contribution in [3.8, 4) is 0 Å². The average molecular weight is 364 g/mol. The van der Waals surface area contributed by atoms with Crippen molar-refractivity contribution in [2.75, 3.05) is 6.54 Å². The minimum Gasteiger partial charge on any atom is -0.352 e. The van der Waals surface area contributed by atoms with Crippen LogP contribution in [0.25, 0.3) is 0 Å². The summed E-state index contributed by atoms with van der Waals surface area (Å²) >= 11 is 11.9. The number of aromatic nitrogens is 1. The van der Waals surface area contributed by atoms with Crippen LogP contribution in [0.1, 0.15) is 27.9 Å². The largest absolute Gasteiger partial charge is 0.352 e. The molecule has 6 heteroatoms. The van der Waals surface area contributed by atoms with Gasteiger partial charge < -0.3 is 10.6 Å². The van der Waals surface area contributed by atoms with Gasteiger partial charge in [-0.05, 0) is 54.3 Å². The average Bonchev–Trinajstić information content (AvgIpc) is 2.57. The summed E-state index contributed by atoms with van der Waals surface area (Å²) in [4.78, 5) is 16.7. The number of nitrogens with zero attached hydrogens (tertiary/aromatic N) is 1. The highest BCUT2D eigenvalue weighted by Gasteiger charge is 2.16. The summed E-state index contributed by atoms with van der Waals surface area (Å²) in [6.45, 7) is 4.29. The molecule has 0 radical (unpaired) electrons. The Balaban J connectivity index is 1.67. The van der Waals surface area contributed by atoms with Crippen molar-refractivity contribution in [3.63, 3.8) is 0 Å². The first-order valence-electron chi connectivity index (χ1n) is 7.92. The lowest BCUT2D eigenvalue weighted by Crippen LogP contribution is -2.29. The molecule has 2 aromatic rings. The highest BCUT2D eigenvalue weighted by Crippen LogP contribution is 2.23. The maximum absolute atomic E-state index is 12.2. The van der Waals surface area contributed by atoms with Gasteiger partial charge in [0, 0.05) is 25.0 Å². The Hall–Kier alpha value is -1.62. The monoisotopic (exact) mass is 363 g/mol. The molecule has 0 aliphatic carbocycles. The number of halogens is 2. The van der Waals surface area contributed by atoms with E-state index in [2.05, 4.69) is 15.6 Å². The van der Waals surface area contributed by atoms with Crippen LogP contribution in [0.3, 0.4) is 0 Å². The highest BCUT2D eigenvalue weighted by molar-refractivity contribution is 6.42. The molecule has 0 saturated carbocycles. The predicted molar refractivity (Wildman–Crippen MR) is 96.4 cm³/mol. The Morgan fingerprint density at radius 1 is 1.33 bits per heavy atom. The number of rotatable bonds is 4. The second kappa shape index (κ2) is 7.51. The van der Waals surface area contributed by atoms with E-state index in [0.717, 1.165) is 36.3 Å². The molecule has 2 N–H and O–H groups in total. The first-order chi connectivity index (χ1) is 11.5. The summed E-state index contributed by atoms with van der Waals surface area (Å²) in [7, 11) is 0. The van der Waals surface area contributed by atoms with E-state index in [4.69, 9.17) is 23.2 Å². The predicted octanol–water partition coefficient (Wildman–Crippen LogP) is 3.20. The van der Waals surface area contributed by atoms with Crippen molar-refractivity contribution in [1.29, 1.82) is 0 Å². The van der Waals surface area contributed by atoms with Crippen molar-refractivity contribution in [2.45, 2.75) is 32.9 Å². The van der Waals surface area contributed by atoms with Crippen molar-refractivity contribution >= 4 is 29.1 Å². The number of carbonyl (C=O) groups is 1. The van der Waals surface area contributed by atoms with Gasteiger partial charge in [0.1, 0.15) is 0 Å². The molecule has 24 heavy (non-hydrogen) atoms. The molecule has 0 saturated heterocycles. The van der Waals surface area contributed by atoms with Crippen molar-refractivity contribution in [2.24, 2.45) is 0 Å². The van der Waals surface area contributed by atoms with Gasteiger partial charge in [-0.2, -0.15) is 0 Å². The van der Waals surface area contributed by atoms with Crippen LogP contribution in [0.15, 0.2) is 24.4 Å². The van der Waals surface area contributed by atoms with Crippen molar-refractivity contribution in [1.82, 2.24) is 15.6 Å². The first-order valence-corrected chi connectivity index (χ1v) is 8.67. The van der Waals surface area contributed by atoms with E-state index >= 15 is 0 Å². The van der Waals surface area contributed by atoms with Gasteiger partial charge in [-0.25, -0.2) is 0 Å². The molecule has 0 spiro atoms. The summed E-state index contributed by atoms with van der Waals surface area (Å²) in [6.07, 6.45) is 3.18. The number of pyridine rings is 1. The minimum atomic E-state index is -0.0423. The van der Waals surface area contributed by atoms with E-state index in [-0.39, 0.29) is 12.3 Å². The first kappa shape index (κ1) is 17.2. The van der Waals surface area contributed by atoms with Gasteiger partial charge in [0.05, 0.1) is 16.5 Å². The molecule has 0 fully saturated rings. The number of hydrogen-bond donors (Lipinski definition) is 2. The fourth-order valence-corrected chi connectivity index (χ4v) is 3.28. The van der Waals surface area contributed by atoms with Crippen LogP contribution in [0.4, 0.5) is 0 Å². The number of hydrogen-bond acceptors (Lipinski definition) is 3. The lowest BCUT2D eigenvalue weighted by Gasteiger charge is -2.21. The Kier molecular flexibility index (Phi) is 5.39. The zero-order valence-corrected chi connectivity index (χ0v) is 15.0. The molecule has 3 rings (SSSR count). The van der Waals surface area contributed by atoms with E-state index < -0.39 is 0 Å². The lowest BCUT2D eigenvalue weighted by atomic mass is 9.96. The fraction of sp³-hybridized carbons (Fsp3) is 0.333. The van der Waals surface area contributed by atoms with Crippen LogP contribution in [-0.2, 0) is 30.7 Å². The summed E-state index contributed by atoms with van der Waals surface area (Å²) in [6, 6.07) is 5.25. The molecular weight excluding hydrogens is 345 g/mol. The zero-order valence-electron chi connectivity index (χ0n) is 13.5. The Morgan fingerprint density at radius 2 is 2.17 bits per heavy atom. The third-order valence-corrected chi connectivity index (χ3v) is 5.02. The van der Waals surface area contributed by atoms with Gasteiger partial charge in [0.15, 0.2) is 0 Å². The topological polar surface area (TPSA) is 54.0 Å². The third kappa shape index (κ3) is 3.89. The zero-order chi connectivity index (χ0) is 17.1. The van der Waals surface area contributed by atoms with E-state index in [1.807, 2.05) is 19.2 Å². The normalized spacial score (nSPS) is 13.5. The van der Waals surface area contributed by atoms with E-state index in [0.29, 0.717) is 16.6 Å². The van der Waals surface area contributed by atoms with Gasteiger partial charge >= 0.3 is 0 Å². The molecule has 2 heterocycles. The number of aryl methyl sites for hydroxylation is 1. The summed E-state index contributed by atoms with van der Waals surface area (Å²) in [5.74, 6) is -0.0423. The molecule has 1 aromatic heterocycles. The molecular formula is C18H19Cl2N3O. The van der Waals surface area contributed by atoms with Gasteiger partial charge in [-0.3, -0.25) is 9.78 Å². The smallest absolute Gasteiger partial charge is 0.224 e. The Labute approximate surface area is 151 Å². The minimum absolute atomic E-state index is 0.0423. The van der Waals surface area contributed by atoms with Crippen LogP contribution in [0.5, 0.6) is 0 Å². The van der Waals surface area contributed by atoms with Crippen molar-refractivity contribution < 1.29 is 4.79 Å². The fourth-order valence-electron chi connectivity index (χ4n) is 2.96. The molecule has 0 atom stereocenters. The van der Waals surface area contributed by atoms with E-state index in [9.17, 15) is 4.79 Å². The maximum atomic E-state index is 12.2. The van der Waals surface area contributed by atoms with Crippen LogP contribution >= 0.6 is 23.2 Å². The molecule has 1 aromatic carbocycles. The van der Waals surface area contributed by atoms with Crippen LogP contribution in [0.2, 0.25) is 10.0 Å². The summed E-state index contributed by atoms with van der Waals surface area (Å²) < 4.78 is 0. The molecule has 126 valence electrons. The van der Waals surface area contributed by atoms with Gasteiger partial charge in [0.25, 0.3) is 0 Å². The molecule has 4 nitrogen and oxygen atoms in total. The number of fused-ring (bicyclic) bond motifs is 1. The van der Waals surface area contributed by atoms with Gasteiger partial charge in [0.2, 0.25) is 5.91 Å². The molecule has 0 bridgehead atoms. The van der Waals surface area contributed by atoms with E-state index in [1.165, 1.54) is 11.1 Å². The van der Waals surface area contributed by atoms with Gasteiger partial charge in [-0.15, -0.1) is 0 Å². The third-order valence-electron chi connectivity index (χ3n) is 4.28. The van der Waals surface area contributed by atoms with Gasteiger partial charge in [-0.1, -0.05) is 29.3 Å². The number of benzene rings is 1. The number of carbonyl (C=O) groups excluding carboxylic acids is 1. The molecule has 0 unspecified atom stereocenters.